The third-order valence-electron chi connectivity index (χ3n) is 11.7. The van der Waals surface area contributed by atoms with E-state index >= 15 is 9.59 Å². The van der Waals surface area contributed by atoms with Gasteiger partial charge in [-0.15, -0.1) is 0 Å². The summed E-state index contributed by atoms with van der Waals surface area (Å²) in [4.78, 5) is 39.5. The summed E-state index contributed by atoms with van der Waals surface area (Å²) in [6.07, 6.45) is 0.725. The number of rotatable bonds is 10. The molecule has 0 spiro atoms. The largest absolute Gasteiger partial charge is 0.508 e. The predicted octanol–water partition coefficient (Wildman–Crippen LogP) is 8.50. The van der Waals surface area contributed by atoms with Crippen LogP contribution in [0.2, 0.25) is 18.1 Å². The first kappa shape index (κ1) is 39.0. The molecule has 4 atom stereocenters. The van der Waals surface area contributed by atoms with E-state index in [9.17, 15) is 5.11 Å². The van der Waals surface area contributed by atoms with Crippen LogP contribution >= 0.6 is 15.9 Å². The molecule has 0 saturated carbocycles. The topological polar surface area (TPSA) is 127 Å². The fourth-order valence-corrected chi connectivity index (χ4v) is 10.0. The van der Waals surface area contributed by atoms with Crippen molar-refractivity contribution in [3.8, 4) is 11.6 Å². The van der Waals surface area contributed by atoms with Gasteiger partial charge in [-0.2, -0.15) is 0 Å². The van der Waals surface area contributed by atoms with Gasteiger partial charge in [0, 0.05) is 31.1 Å². The molecule has 3 aliphatic rings. The number of carbonyl (C=O) groups is 2. The Balaban J connectivity index is 1.43. The smallest absolute Gasteiger partial charge is 0.265 e. The Morgan fingerprint density at radius 1 is 0.945 bits per heavy atom. The molecule has 0 bridgehead atoms. The first-order valence-electron chi connectivity index (χ1n) is 18.6. The number of fused-ring (bicyclic) bond motifs is 4. The third-order valence-corrected chi connectivity index (χ3v) is 16.7. The number of hydrogen-bond acceptors (Lipinski definition) is 11. The van der Waals surface area contributed by atoms with Gasteiger partial charge in [-0.3, -0.25) is 14.5 Å². The van der Waals surface area contributed by atoms with Crippen LogP contribution in [0.4, 0.5) is 5.82 Å². The van der Waals surface area contributed by atoms with E-state index in [1.807, 2.05) is 98.7 Å². The van der Waals surface area contributed by atoms with Crippen LogP contribution in [0.3, 0.4) is 0 Å². The number of benzene rings is 2. The molecule has 0 amide bonds. The molecular weight excluding hydrogens is 780 g/mol. The fourth-order valence-electron chi connectivity index (χ4n) is 8.09. The lowest BCUT2D eigenvalue weighted by molar-refractivity contribution is -0.0480. The van der Waals surface area contributed by atoms with Gasteiger partial charge in [0.05, 0.1) is 11.6 Å². The number of anilines is 1. The van der Waals surface area contributed by atoms with Gasteiger partial charge in [0.2, 0.25) is 5.78 Å². The number of allylic oxidation sites excluding steroid dienone is 1. The number of ether oxygens (including phenoxy) is 2. The summed E-state index contributed by atoms with van der Waals surface area (Å²) >= 11 is 3.61. The molecule has 4 aromatic rings. The molecule has 55 heavy (non-hydrogen) atoms. The van der Waals surface area contributed by atoms with E-state index < -0.39 is 43.4 Å². The maximum atomic E-state index is 15.5. The maximum Gasteiger partial charge on any atom is 0.265 e. The first-order chi connectivity index (χ1) is 26.0. The summed E-state index contributed by atoms with van der Waals surface area (Å²) in [5.74, 6) is -1.12. The number of ketones is 2. The van der Waals surface area contributed by atoms with Crippen LogP contribution in [0.15, 0.2) is 81.1 Å². The van der Waals surface area contributed by atoms with Crippen molar-refractivity contribution < 1.29 is 33.1 Å². The normalized spacial score (nSPS) is 22.2. The number of pyridine rings is 1. The minimum Gasteiger partial charge on any atom is -0.508 e. The van der Waals surface area contributed by atoms with Crippen LogP contribution in [-0.4, -0.2) is 73.8 Å². The van der Waals surface area contributed by atoms with Crippen molar-refractivity contribution >= 4 is 41.6 Å². The Bertz CT molecular complexity index is 2160. The van der Waals surface area contributed by atoms with E-state index in [1.54, 1.807) is 0 Å². The molecule has 13 heteroatoms. The van der Waals surface area contributed by atoms with E-state index in [2.05, 4.69) is 55.0 Å². The lowest BCUT2D eigenvalue weighted by Gasteiger charge is -2.55. The Hall–Kier alpha value is -4.30. The summed E-state index contributed by atoms with van der Waals surface area (Å²) in [5.41, 5.74) is 1.19. The molecule has 2 heterocycles. The fraction of sp³-hybridized carbons (Fsp3) is 0.429. The quantitative estimate of drug-likeness (QED) is 0.122. The maximum absolute atomic E-state index is 15.5. The molecule has 0 aliphatic heterocycles. The summed E-state index contributed by atoms with van der Waals surface area (Å²) < 4.78 is 26.3. The second-order valence-electron chi connectivity index (χ2n) is 16.7. The highest BCUT2D eigenvalue weighted by molar-refractivity contribution is 9.10. The Kier molecular flexibility index (Phi) is 10.1. The van der Waals surface area contributed by atoms with Crippen molar-refractivity contribution in [2.24, 2.45) is 11.8 Å². The number of nitrogens with zero attached hydrogens (tertiary/aromatic N) is 4. The molecule has 2 aromatic carbocycles. The van der Waals surface area contributed by atoms with Gasteiger partial charge in [0.1, 0.15) is 30.4 Å². The number of carbonyl (C=O) groups excluding carboxylic acids is 2. The Morgan fingerprint density at radius 3 is 2.11 bits per heavy atom. The molecule has 7 rings (SSSR count). The average molecular weight is 830 g/mol. The number of halogens is 1. The third kappa shape index (κ3) is 6.52. The van der Waals surface area contributed by atoms with E-state index in [-0.39, 0.29) is 46.8 Å². The van der Waals surface area contributed by atoms with Crippen molar-refractivity contribution in [2.75, 3.05) is 33.1 Å². The molecule has 2 aromatic heterocycles. The zero-order valence-corrected chi connectivity index (χ0v) is 35.5. The van der Waals surface area contributed by atoms with E-state index in [4.69, 9.17) is 23.4 Å². The molecule has 0 radical (unpaired) electrons. The van der Waals surface area contributed by atoms with Gasteiger partial charge in [-0.25, -0.2) is 4.98 Å². The Labute approximate surface area is 331 Å². The van der Waals surface area contributed by atoms with Crippen molar-refractivity contribution in [2.45, 2.75) is 76.6 Å². The highest BCUT2D eigenvalue weighted by Crippen LogP contribution is 2.60. The van der Waals surface area contributed by atoms with Gasteiger partial charge >= 0.3 is 0 Å². The van der Waals surface area contributed by atoms with Crippen LogP contribution < -0.4 is 14.4 Å². The van der Waals surface area contributed by atoms with Crippen molar-refractivity contribution in [1.29, 1.82) is 0 Å². The zero-order chi connectivity index (χ0) is 39.6. The molecular formula is C42H49BrN4O7Si. The molecule has 0 fully saturated rings. The summed E-state index contributed by atoms with van der Waals surface area (Å²) in [6.45, 7) is 10.7. The van der Waals surface area contributed by atoms with Crippen LogP contribution in [0.5, 0.6) is 11.6 Å². The van der Waals surface area contributed by atoms with Gasteiger partial charge in [-0.05, 0) is 83.2 Å². The van der Waals surface area contributed by atoms with Crippen molar-refractivity contribution in [3.63, 3.8) is 0 Å². The van der Waals surface area contributed by atoms with E-state index in [0.29, 0.717) is 34.6 Å². The lowest BCUT2D eigenvalue weighted by Crippen LogP contribution is -2.65. The minimum atomic E-state index is -2.88. The van der Waals surface area contributed by atoms with Crippen molar-refractivity contribution in [3.05, 3.63) is 110 Å². The molecule has 0 saturated heterocycles. The van der Waals surface area contributed by atoms with E-state index in [1.165, 1.54) is 0 Å². The number of Topliss-reactive ketones (excluding diaryl/α,β-unsaturated/α-hetero) is 2. The van der Waals surface area contributed by atoms with Gasteiger partial charge in [0.25, 0.3) is 5.88 Å². The molecule has 11 nitrogen and oxygen atoms in total. The van der Waals surface area contributed by atoms with E-state index in [0.717, 1.165) is 16.7 Å². The van der Waals surface area contributed by atoms with Crippen LogP contribution in [-0.2, 0) is 24.1 Å². The number of aliphatic hydroxyl groups is 1. The summed E-state index contributed by atoms with van der Waals surface area (Å²) in [7, 11) is 4.72. The highest BCUT2D eigenvalue weighted by Gasteiger charge is 2.67. The Morgan fingerprint density at radius 2 is 1.55 bits per heavy atom. The zero-order valence-electron chi connectivity index (χ0n) is 32.9. The summed E-state index contributed by atoms with van der Waals surface area (Å²) in [6, 6.07) is 18.7. The van der Waals surface area contributed by atoms with Crippen LogP contribution in [0, 0.1) is 11.8 Å². The molecule has 3 aliphatic carbocycles. The van der Waals surface area contributed by atoms with Crippen LogP contribution in [0.1, 0.15) is 76.4 Å². The van der Waals surface area contributed by atoms with Crippen molar-refractivity contribution in [1.82, 2.24) is 15.0 Å². The van der Waals surface area contributed by atoms with Gasteiger partial charge in [-0.1, -0.05) is 81.4 Å². The minimum absolute atomic E-state index is 0.0230. The van der Waals surface area contributed by atoms with Crippen LogP contribution in [0.25, 0.3) is 0 Å². The second-order valence-corrected chi connectivity index (χ2v) is 22.2. The van der Waals surface area contributed by atoms with Gasteiger partial charge in [0.15, 0.2) is 35.8 Å². The SMILES string of the molecule is CN(C)c1nc(Br)c(OCc2ccccc2)c2c1C[C@H]1C[C@H]3[C@H](N(C)C)c4onc(OCc5ccccc5)c4C(=O)[C@@]3(O[Si](C)(C)C(C)(C)C)C(O)=C1C2=O. The lowest BCUT2D eigenvalue weighted by atomic mass is 9.58. The number of hydrogen-bond donors (Lipinski definition) is 1. The highest BCUT2D eigenvalue weighted by atomic mass is 79.9. The van der Waals surface area contributed by atoms with Gasteiger partial charge < -0.3 is 28.4 Å². The number of aliphatic hydroxyl groups excluding tert-OH is 1. The predicted molar refractivity (Wildman–Crippen MR) is 215 cm³/mol. The second kappa shape index (κ2) is 14.3. The first-order valence-corrected chi connectivity index (χ1v) is 22.3. The standard InChI is InChI=1S/C42H49BrN4O7Si/c1-41(2,3)55(8,9)54-42-28(32(46(4)5)34-31(37(42)50)40(45-53-34)52-23-25-18-14-11-15-19-25)21-26-20-27-30(33(48)29(26)36(42)49)35(38(43)44-39(27)47(6)7)51-22-24-16-12-10-13-17-24/h10-19,26,28,32,49H,20-23H2,1-9H3/t26-,28-,32-,42-/m0/s1. The number of aromatic nitrogens is 2. The average Bonchev–Trinajstić information content (AvgIpc) is 3.55. The molecule has 290 valence electrons. The monoisotopic (exact) mass is 828 g/mol. The summed E-state index contributed by atoms with van der Waals surface area (Å²) in [5, 5.41) is 16.9. The molecule has 0 unspecified atom stereocenters. The molecule has 1 N–H and O–H groups in total.